The lowest BCUT2D eigenvalue weighted by molar-refractivity contribution is -0.0310. The van der Waals surface area contributed by atoms with Crippen LogP contribution in [0.2, 0.25) is 5.15 Å². The van der Waals surface area contributed by atoms with Gasteiger partial charge in [0.05, 0.1) is 18.2 Å². The molecule has 0 aliphatic carbocycles. The zero-order chi connectivity index (χ0) is 14.4. The number of hydrogen-bond donors (Lipinski definition) is 0. The summed E-state index contributed by atoms with van der Waals surface area (Å²) in [4.78, 5) is 19.2. The third kappa shape index (κ3) is 1.91. The lowest BCUT2D eigenvalue weighted by Crippen LogP contribution is -2.52. The molecule has 1 atom stereocenters. The van der Waals surface area contributed by atoms with E-state index in [1.165, 1.54) is 0 Å². The predicted octanol–water partition coefficient (Wildman–Crippen LogP) is 1.99. The Labute approximate surface area is 128 Å². The minimum absolute atomic E-state index is 0.00935. The smallest absolute Gasteiger partial charge is 0.273 e. The van der Waals surface area contributed by atoms with Gasteiger partial charge in [0.25, 0.3) is 5.91 Å². The number of fused-ring (bicyclic) bond motifs is 2. The predicted molar refractivity (Wildman–Crippen MR) is 76.4 cm³/mol. The number of carbonyl (C=O) groups excluding carboxylic acids is 1. The highest BCUT2D eigenvalue weighted by Crippen LogP contribution is 2.47. The fourth-order valence-corrected chi connectivity index (χ4v) is 4.02. The van der Waals surface area contributed by atoms with Gasteiger partial charge < -0.3 is 14.4 Å². The molecule has 4 heterocycles. The largest absolute Gasteiger partial charge is 0.381 e. The van der Waals surface area contributed by atoms with Crippen molar-refractivity contribution in [3.8, 4) is 0 Å². The van der Waals surface area contributed by atoms with Crippen LogP contribution in [0, 0.1) is 0 Å². The topological polar surface area (TPSA) is 51.7 Å². The summed E-state index contributed by atoms with van der Waals surface area (Å²) in [6, 6.07) is 3.87. The van der Waals surface area contributed by atoms with Gasteiger partial charge in [0.2, 0.25) is 0 Å². The van der Waals surface area contributed by atoms with Gasteiger partial charge in [-0.2, -0.15) is 0 Å². The third-order valence-electron chi connectivity index (χ3n) is 4.84. The second kappa shape index (κ2) is 4.93. The van der Waals surface area contributed by atoms with Gasteiger partial charge in [0.1, 0.15) is 10.8 Å². The summed E-state index contributed by atoms with van der Waals surface area (Å²) in [6.07, 6.45) is 2.51. The summed E-state index contributed by atoms with van der Waals surface area (Å²) >= 11 is 5.99. The Bertz CT molecular complexity index is 580. The van der Waals surface area contributed by atoms with Crippen LogP contribution in [-0.4, -0.2) is 48.3 Å². The number of rotatable bonds is 1. The zero-order valence-electron chi connectivity index (χ0n) is 11.7. The van der Waals surface area contributed by atoms with Crippen LogP contribution in [-0.2, 0) is 15.0 Å². The molecular weight excluding hydrogens is 292 g/mol. The second-order valence-corrected chi connectivity index (χ2v) is 6.25. The van der Waals surface area contributed by atoms with Gasteiger partial charge in [-0.25, -0.2) is 4.98 Å². The van der Waals surface area contributed by atoms with Crippen molar-refractivity contribution >= 4 is 17.5 Å². The number of nitrogens with zero attached hydrogens (tertiary/aromatic N) is 2. The molecule has 0 saturated carbocycles. The molecule has 0 bridgehead atoms. The van der Waals surface area contributed by atoms with Crippen LogP contribution >= 0.6 is 11.6 Å². The Morgan fingerprint density at radius 3 is 2.76 bits per heavy atom. The molecule has 1 aromatic rings. The minimum Gasteiger partial charge on any atom is -0.381 e. The Kier molecular flexibility index (Phi) is 3.17. The molecule has 5 nitrogen and oxygen atoms in total. The number of pyridine rings is 1. The molecule has 6 heteroatoms. The first-order valence-electron chi connectivity index (χ1n) is 7.38. The van der Waals surface area contributed by atoms with Gasteiger partial charge in [-0.3, -0.25) is 4.79 Å². The summed E-state index contributed by atoms with van der Waals surface area (Å²) in [5.41, 5.74) is 1.23. The standard InChI is InChI=1S/C15H17ClN2O3/c16-12-2-1-11-13(17-12)14(19)18(10-3-6-21-9-10)15(11)4-7-20-8-5-15/h1-2,10H,3-9H2. The van der Waals surface area contributed by atoms with Crippen LogP contribution in [0.4, 0.5) is 0 Å². The number of carbonyl (C=O) groups is 1. The fraction of sp³-hybridized carbons (Fsp3) is 0.600. The van der Waals surface area contributed by atoms with Gasteiger partial charge in [0, 0.05) is 25.4 Å². The van der Waals surface area contributed by atoms with Crippen molar-refractivity contribution in [1.29, 1.82) is 0 Å². The molecule has 3 aliphatic rings. The van der Waals surface area contributed by atoms with Crippen molar-refractivity contribution in [3.63, 3.8) is 0 Å². The molecule has 21 heavy (non-hydrogen) atoms. The van der Waals surface area contributed by atoms with E-state index in [0.717, 1.165) is 24.8 Å². The maximum absolute atomic E-state index is 12.9. The van der Waals surface area contributed by atoms with E-state index >= 15 is 0 Å². The molecule has 2 fully saturated rings. The van der Waals surface area contributed by atoms with Crippen LogP contribution in [0.3, 0.4) is 0 Å². The monoisotopic (exact) mass is 308 g/mol. The van der Waals surface area contributed by atoms with E-state index in [-0.39, 0.29) is 17.5 Å². The van der Waals surface area contributed by atoms with Crippen LogP contribution < -0.4 is 0 Å². The quantitative estimate of drug-likeness (QED) is 0.745. The number of ether oxygens (including phenoxy) is 2. The highest BCUT2D eigenvalue weighted by atomic mass is 35.5. The molecule has 4 rings (SSSR count). The highest BCUT2D eigenvalue weighted by Gasteiger charge is 2.54. The first-order chi connectivity index (χ1) is 10.2. The average molecular weight is 309 g/mol. The molecule has 1 amide bonds. The number of amides is 1. The molecule has 1 spiro atoms. The normalized spacial score (nSPS) is 27.4. The minimum atomic E-state index is -0.291. The SMILES string of the molecule is O=C1c2nc(Cl)ccc2C2(CCOCC2)N1C1CCOC1. The van der Waals surface area contributed by atoms with Crippen LogP contribution in [0.5, 0.6) is 0 Å². The van der Waals surface area contributed by atoms with Crippen LogP contribution in [0.15, 0.2) is 12.1 Å². The average Bonchev–Trinajstić information content (AvgIpc) is 3.08. The summed E-state index contributed by atoms with van der Waals surface area (Å²) in [6.45, 7) is 2.65. The van der Waals surface area contributed by atoms with Crippen molar-refractivity contribution in [2.24, 2.45) is 0 Å². The van der Waals surface area contributed by atoms with Gasteiger partial charge in [-0.05, 0) is 25.3 Å². The molecule has 0 N–H and O–H groups in total. The third-order valence-corrected chi connectivity index (χ3v) is 5.05. The van der Waals surface area contributed by atoms with Crippen molar-refractivity contribution in [2.45, 2.75) is 30.8 Å². The summed E-state index contributed by atoms with van der Waals surface area (Å²) in [5, 5.41) is 0.369. The molecule has 0 radical (unpaired) electrons. The first kappa shape index (κ1) is 13.5. The molecular formula is C15H17ClN2O3. The molecule has 1 unspecified atom stereocenters. The molecule has 3 aliphatic heterocycles. The Balaban J connectivity index is 1.84. The Morgan fingerprint density at radius 2 is 2.05 bits per heavy atom. The Hall–Kier alpha value is -1.17. The molecule has 1 aromatic heterocycles. The fourth-order valence-electron chi connectivity index (χ4n) is 3.87. The number of aromatic nitrogens is 1. The lowest BCUT2D eigenvalue weighted by atomic mass is 9.82. The van der Waals surface area contributed by atoms with E-state index in [0.29, 0.717) is 37.3 Å². The molecule has 0 aromatic carbocycles. The number of hydrogen-bond acceptors (Lipinski definition) is 4. The van der Waals surface area contributed by atoms with E-state index in [4.69, 9.17) is 21.1 Å². The molecule has 112 valence electrons. The number of halogens is 1. The maximum Gasteiger partial charge on any atom is 0.273 e. The van der Waals surface area contributed by atoms with Gasteiger partial charge in [0.15, 0.2) is 0 Å². The van der Waals surface area contributed by atoms with E-state index in [1.54, 1.807) is 6.07 Å². The van der Waals surface area contributed by atoms with Crippen molar-refractivity contribution in [2.75, 3.05) is 26.4 Å². The van der Waals surface area contributed by atoms with E-state index in [9.17, 15) is 4.79 Å². The summed E-state index contributed by atoms with van der Waals surface area (Å²) < 4.78 is 11.0. The second-order valence-electron chi connectivity index (χ2n) is 5.87. The Morgan fingerprint density at radius 1 is 1.24 bits per heavy atom. The molecule has 2 saturated heterocycles. The van der Waals surface area contributed by atoms with Crippen molar-refractivity contribution < 1.29 is 14.3 Å². The summed E-state index contributed by atoms with van der Waals surface area (Å²) in [7, 11) is 0. The zero-order valence-corrected chi connectivity index (χ0v) is 12.4. The van der Waals surface area contributed by atoms with E-state index in [1.807, 2.05) is 11.0 Å². The van der Waals surface area contributed by atoms with Crippen molar-refractivity contribution in [3.05, 3.63) is 28.5 Å². The van der Waals surface area contributed by atoms with E-state index < -0.39 is 0 Å². The lowest BCUT2D eigenvalue weighted by Gasteiger charge is -2.44. The van der Waals surface area contributed by atoms with Gasteiger partial charge >= 0.3 is 0 Å². The van der Waals surface area contributed by atoms with Crippen LogP contribution in [0.25, 0.3) is 0 Å². The highest BCUT2D eigenvalue weighted by molar-refractivity contribution is 6.29. The van der Waals surface area contributed by atoms with Crippen molar-refractivity contribution in [1.82, 2.24) is 9.88 Å². The summed E-state index contributed by atoms with van der Waals surface area (Å²) in [5.74, 6) is -0.00935. The van der Waals surface area contributed by atoms with E-state index in [2.05, 4.69) is 4.98 Å². The maximum atomic E-state index is 12.9. The first-order valence-corrected chi connectivity index (χ1v) is 7.76. The van der Waals surface area contributed by atoms with Gasteiger partial charge in [-0.15, -0.1) is 0 Å². The van der Waals surface area contributed by atoms with Gasteiger partial charge in [-0.1, -0.05) is 17.7 Å². The van der Waals surface area contributed by atoms with Crippen LogP contribution in [0.1, 0.15) is 35.3 Å².